The number of ether oxygens (including phenoxy) is 2. The number of nitrogens with zero attached hydrogens (tertiary/aromatic N) is 2. The maximum atomic E-state index is 12.9. The summed E-state index contributed by atoms with van der Waals surface area (Å²) >= 11 is 6.04. The molecule has 1 aromatic heterocycles. The highest BCUT2D eigenvalue weighted by Crippen LogP contribution is 2.39. The van der Waals surface area contributed by atoms with Crippen molar-refractivity contribution in [2.45, 2.75) is 50.9 Å². The lowest BCUT2D eigenvalue weighted by atomic mass is 9.86. The zero-order chi connectivity index (χ0) is 28.3. The molecule has 0 spiro atoms. The Hall–Kier alpha value is -3.39. The smallest absolute Gasteiger partial charge is 0.331 e. The van der Waals surface area contributed by atoms with Crippen LogP contribution in [0, 0.1) is 0 Å². The number of carbonyl (C=O) groups is 1. The Kier molecular flexibility index (Phi) is 8.17. The third kappa shape index (κ3) is 6.02. The number of aliphatic hydroxyl groups is 1. The fourth-order valence-corrected chi connectivity index (χ4v) is 5.62. The summed E-state index contributed by atoms with van der Waals surface area (Å²) in [6, 6.07) is 17.3. The Bertz CT molecular complexity index is 1390. The minimum Gasteiger partial charge on any atom is -0.487 e. The van der Waals surface area contributed by atoms with Gasteiger partial charge in [-0.3, -0.25) is 4.98 Å². The van der Waals surface area contributed by atoms with Gasteiger partial charge in [-0.05, 0) is 86.7 Å². The molecule has 0 saturated carbocycles. The molecule has 0 bridgehead atoms. The molecule has 2 aliphatic heterocycles. The number of hydrogen-bond donors (Lipinski definition) is 2. The van der Waals surface area contributed by atoms with Gasteiger partial charge in [0.15, 0.2) is 0 Å². The highest BCUT2D eigenvalue weighted by molar-refractivity contribution is 6.30. The van der Waals surface area contributed by atoms with E-state index in [4.69, 9.17) is 21.1 Å². The lowest BCUT2D eigenvalue weighted by Crippen LogP contribution is -2.55. The summed E-state index contributed by atoms with van der Waals surface area (Å²) in [6.45, 7) is 6.35. The van der Waals surface area contributed by atoms with Crippen LogP contribution in [0.5, 0.6) is 5.75 Å². The Morgan fingerprint density at radius 3 is 2.62 bits per heavy atom. The number of rotatable bonds is 7. The van der Waals surface area contributed by atoms with Crippen molar-refractivity contribution in [1.82, 2.24) is 9.88 Å². The predicted octanol–water partition coefficient (Wildman–Crippen LogP) is 5.80. The fraction of sp³-hybridized carbons (Fsp3) is 0.375. The number of halogens is 1. The van der Waals surface area contributed by atoms with Gasteiger partial charge in [-0.2, -0.15) is 0 Å². The molecule has 210 valence electrons. The van der Waals surface area contributed by atoms with E-state index in [-0.39, 0.29) is 5.97 Å². The Labute approximate surface area is 240 Å². The van der Waals surface area contributed by atoms with Crippen LogP contribution < -0.4 is 10.1 Å². The first-order valence-corrected chi connectivity index (χ1v) is 14.1. The number of methoxy groups -OCH3 is 1. The molecular weight excluding hydrogens is 526 g/mol. The van der Waals surface area contributed by atoms with Crippen LogP contribution in [0.2, 0.25) is 5.02 Å². The minimum atomic E-state index is -0.968. The summed E-state index contributed by atoms with van der Waals surface area (Å²) in [7, 11) is 1.44. The zero-order valence-corrected chi connectivity index (χ0v) is 24.0. The highest BCUT2D eigenvalue weighted by atomic mass is 35.5. The summed E-state index contributed by atoms with van der Waals surface area (Å²) in [5, 5.41) is 14.8. The van der Waals surface area contributed by atoms with Crippen molar-refractivity contribution in [1.29, 1.82) is 0 Å². The van der Waals surface area contributed by atoms with E-state index in [0.29, 0.717) is 24.5 Å². The molecule has 7 nitrogen and oxygen atoms in total. The van der Waals surface area contributed by atoms with Gasteiger partial charge in [0.1, 0.15) is 17.9 Å². The van der Waals surface area contributed by atoms with Gasteiger partial charge in [-0.25, -0.2) is 4.79 Å². The molecule has 0 radical (unpaired) electrons. The number of anilines is 1. The molecule has 2 aliphatic rings. The highest BCUT2D eigenvalue weighted by Gasteiger charge is 2.42. The van der Waals surface area contributed by atoms with E-state index < -0.39 is 11.1 Å². The van der Waals surface area contributed by atoms with E-state index >= 15 is 0 Å². The Morgan fingerprint density at radius 2 is 1.93 bits per heavy atom. The molecule has 2 aromatic carbocycles. The molecule has 0 aliphatic carbocycles. The normalized spacial score (nSPS) is 17.8. The van der Waals surface area contributed by atoms with E-state index in [2.05, 4.69) is 27.3 Å². The third-order valence-electron chi connectivity index (χ3n) is 7.83. The average Bonchev–Trinajstić information content (AvgIpc) is 3.11. The first-order chi connectivity index (χ1) is 19.2. The summed E-state index contributed by atoms with van der Waals surface area (Å²) in [6.07, 6.45) is 6.12. The van der Waals surface area contributed by atoms with Crippen LogP contribution in [-0.2, 0) is 21.7 Å². The number of carbonyl (C=O) groups excluding carboxylic acids is 1. The molecule has 8 heteroatoms. The number of likely N-dealkylation sites (tertiary alicyclic amines) is 1. The number of benzene rings is 2. The van der Waals surface area contributed by atoms with Gasteiger partial charge in [0.05, 0.1) is 18.4 Å². The van der Waals surface area contributed by atoms with Crippen molar-refractivity contribution in [3.8, 4) is 5.75 Å². The minimum absolute atomic E-state index is 0.244. The van der Waals surface area contributed by atoms with Gasteiger partial charge in [0.25, 0.3) is 0 Å². The zero-order valence-electron chi connectivity index (χ0n) is 23.2. The van der Waals surface area contributed by atoms with Crippen molar-refractivity contribution >= 4 is 28.8 Å². The van der Waals surface area contributed by atoms with E-state index in [1.807, 2.05) is 48.5 Å². The molecular formula is C32H36ClN3O4. The predicted molar refractivity (Wildman–Crippen MR) is 157 cm³/mol. The average molecular weight is 562 g/mol. The monoisotopic (exact) mass is 561 g/mol. The van der Waals surface area contributed by atoms with Crippen LogP contribution in [-0.4, -0.2) is 53.2 Å². The topological polar surface area (TPSA) is 83.9 Å². The second-order valence-corrected chi connectivity index (χ2v) is 11.4. The van der Waals surface area contributed by atoms with Crippen molar-refractivity contribution in [3.05, 3.63) is 94.3 Å². The number of esters is 1. The first kappa shape index (κ1) is 28.1. The lowest BCUT2D eigenvalue weighted by Gasteiger charge is -2.40. The molecule has 0 amide bonds. The van der Waals surface area contributed by atoms with E-state index in [1.54, 1.807) is 20.0 Å². The quantitative estimate of drug-likeness (QED) is 0.353. The lowest BCUT2D eigenvalue weighted by molar-refractivity contribution is -0.147. The number of nitrogens with one attached hydrogen (secondary N) is 1. The number of fused-ring (bicyclic) bond motifs is 2. The standard InChI is InChI=1S/C32H36ClN3O4/c1-31(2,38)22-8-13-29-27(20-22)25(26-6-4-16-34-28(26)21-40-29)7-5-17-36-18-14-32(15-19-36,30(37)39-3)35-24-11-9-23(33)10-12-24/h4,6-13,16,20,35,38H,5,14-15,17-19,21H2,1-3H3. The molecule has 3 aromatic rings. The first-order valence-electron chi connectivity index (χ1n) is 13.7. The van der Waals surface area contributed by atoms with Crippen LogP contribution in [0.3, 0.4) is 0 Å². The molecule has 40 heavy (non-hydrogen) atoms. The van der Waals surface area contributed by atoms with Crippen LogP contribution in [0.15, 0.2) is 66.9 Å². The van der Waals surface area contributed by atoms with Crippen molar-refractivity contribution in [2.75, 3.05) is 32.1 Å². The third-order valence-corrected chi connectivity index (χ3v) is 8.08. The van der Waals surface area contributed by atoms with Gasteiger partial charge in [-0.1, -0.05) is 29.8 Å². The number of pyridine rings is 1. The summed E-state index contributed by atoms with van der Waals surface area (Å²) in [4.78, 5) is 19.8. The summed E-state index contributed by atoms with van der Waals surface area (Å²) < 4.78 is 11.3. The largest absolute Gasteiger partial charge is 0.487 e. The fourth-order valence-electron chi connectivity index (χ4n) is 5.49. The number of hydrogen-bond acceptors (Lipinski definition) is 7. The number of aromatic nitrogens is 1. The van der Waals surface area contributed by atoms with E-state index in [1.165, 1.54) is 7.11 Å². The molecule has 5 rings (SSSR count). The van der Waals surface area contributed by atoms with Crippen LogP contribution in [0.1, 0.15) is 55.5 Å². The van der Waals surface area contributed by atoms with Gasteiger partial charge >= 0.3 is 5.97 Å². The Morgan fingerprint density at radius 1 is 1.18 bits per heavy atom. The van der Waals surface area contributed by atoms with Crippen molar-refractivity contribution in [2.24, 2.45) is 0 Å². The van der Waals surface area contributed by atoms with Crippen LogP contribution in [0.25, 0.3) is 5.57 Å². The summed E-state index contributed by atoms with van der Waals surface area (Å²) in [5.74, 6) is 0.539. The molecule has 0 atom stereocenters. The van der Waals surface area contributed by atoms with Crippen molar-refractivity contribution < 1.29 is 19.4 Å². The molecule has 3 heterocycles. The van der Waals surface area contributed by atoms with Gasteiger partial charge in [-0.15, -0.1) is 0 Å². The van der Waals surface area contributed by atoms with Gasteiger partial charge < -0.3 is 24.8 Å². The second kappa shape index (κ2) is 11.6. The van der Waals surface area contributed by atoms with Gasteiger partial charge in [0.2, 0.25) is 0 Å². The van der Waals surface area contributed by atoms with Crippen LogP contribution in [0.4, 0.5) is 5.69 Å². The second-order valence-electron chi connectivity index (χ2n) is 11.0. The van der Waals surface area contributed by atoms with Crippen molar-refractivity contribution in [3.63, 3.8) is 0 Å². The SMILES string of the molecule is COC(=O)C1(Nc2ccc(Cl)cc2)CCN(CCC=C2c3cc(C(C)(C)O)ccc3OCc3ncccc32)CC1. The van der Waals surface area contributed by atoms with Crippen LogP contribution >= 0.6 is 11.6 Å². The maximum Gasteiger partial charge on any atom is 0.331 e. The molecule has 2 N–H and O–H groups in total. The molecule has 0 unspecified atom stereocenters. The molecule has 1 saturated heterocycles. The Balaban J connectivity index is 1.33. The summed E-state index contributed by atoms with van der Waals surface area (Å²) in [5.41, 5.74) is 3.90. The van der Waals surface area contributed by atoms with E-state index in [9.17, 15) is 9.90 Å². The molecule has 1 fully saturated rings. The van der Waals surface area contributed by atoms with Gasteiger partial charge in [0, 0.05) is 47.7 Å². The maximum absolute atomic E-state index is 12.9. The van der Waals surface area contributed by atoms with E-state index in [0.717, 1.165) is 65.4 Å². The number of piperidine rings is 1.